The number of nitrogens with zero attached hydrogens (tertiary/aromatic N) is 3. The lowest BCUT2D eigenvalue weighted by Gasteiger charge is -2.12. The van der Waals surface area contributed by atoms with Crippen LogP contribution in [0.3, 0.4) is 0 Å². The van der Waals surface area contributed by atoms with Gasteiger partial charge in [0.2, 0.25) is 5.91 Å². The van der Waals surface area contributed by atoms with Crippen LogP contribution in [0.15, 0.2) is 78.0 Å². The highest BCUT2D eigenvalue weighted by atomic mass is 35.5. The molecule has 2 N–H and O–H groups in total. The average molecular weight is 556 g/mol. The summed E-state index contributed by atoms with van der Waals surface area (Å²) in [4.78, 5) is 24.9. The van der Waals surface area contributed by atoms with Gasteiger partial charge in [-0.1, -0.05) is 65.3 Å². The van der Waals surface area contributed by atoms with Crippen LogP contribution in [-0.2, 0) is 16.1 Å². The van der Waals surface area contributed by atoms with E-state index in [0.717, 1.165) is 16.9 Å². The van der Waals surface area contributed by atoms with Crippen LogP contribution in [0, 0.1) is 6.92 Å². The molecule has 0 spiro atoms. The second kappa shape index (κ2) is 12.6. The van der Waals surface area contributed by atoms with E-state index < -0.39 is 0 Å². The van der Waals surface area contributed by atoms with Crippen LogP contribution in [0.1, 0.15) is 11.4 Å². The van der Waals surface area contributed by atoms with Gasteiger partial charge in [-0.2, -0.15) is 0 Å². The molecule has 0 aliphatic heterocycles. The van der Waals surface area contributed by atoms with Crippen LogP contribution >= 0.6 is 35.0 Å². The number of nitrogens with one attached hydrogen (secondary N) is 2. The predicted molar refractivity (Wildman–Crippen MR) is 146 cm³/mol. The van der Waals surface area contributed by atoms with Crippen molar-refractivity contribution < 1.29 is 14.3 Å². The Hall–Kier alpha value is -3.53. The highest BCUT2D eigenvalue weighted by Crippen LogP contribution is 2.27. The number of halogens is 2. The fourth-order valence-electron chi connectivity index (χ4n) is 3.36. The van der Waals surface area contributed by atoms with E-state index in [1.165, 1.54) is 11.8 Å². The molecule has 3 aromatic carbocycles. The SMILES string of the molecule is Cc1cccc(NC(=O)CSc2nnc(CNC(=O)COc3ccc(Cl)cc3Cl)n2-c2ccccc2)c1. The quantitative estimate of drug-likeness (QED) is 0.257. The van der Waals surface area contributed by atoms with E-state index >= 15 is 0 Å². The van der Waals surface area contributed by atoms with Gasteiger partial charge < -0.3 is 15.4 Å². The first-order chi connectivity index (χ1) is 17.9. The molecule has 1 aromatic heterocycles. The fourth-order valence-corrected chi connectivity index (χ4v) is 4.59. The summed E-state index contributed by atoms with van der Waals surface area (Å²) in [5.41, 5.74) is 2.60. The Kier molecular flexibility index (Phi) is 9.05. The molecule has 8 nitrogen and oxygen atoms in total. The molecule has 0 aliphatic carbocycles. The zero-order chi connectivity index (χ0) is 26.2. The molecule has 0 saturated heterocycles. The number of carbonyl (C=O) groups is 2. The lowest BCUT2D eigenvalue weighted by atomic mass is 10.2. The zero-order valence-electron chi connectivity index (χ0n) is 19.8. The van der Waals surface area contributed by atoms with Crippen molar-refractivity contribution in [2.75, 3.05) is 17.7 Å². The van der Waals surface area contributed by atoms with E-state index in [1.54, 1.807) is 18.2 Å². The van der Waals surface area contributed by atoms with Crippen molar-refractivity contribution in [3.8, 4) is 11.4 Å². The Labute approximate surface area is 228 Å². The molecular formula is C26H23Cl2N5O3S. The van der Waals surface area contributed by atoms with Crippen LogP contribution in [-0.4, -0.2) is 38.9 Å². The number of hydrogen-bond acceptors (Lipinski definition) is 6. The molecule has 2 amide bonds. The Balaban J connectivity index is 1.40. The molecule has 0 unspecified atom stereocenters. The average Bonchev–Trinajstić information content (AvgIpc) is 3.29. The van der Waals surface area contributed by atoms with Gasteiger partial charge in [0.15, 0.2) is 17.6 Å². The molecule has 0 aliphatic rings. The predicted octanol–water partition coefficient (Wildman–Crippen LogP) is 5.31. The highest BCUT2D eigenvalue weighted by Gasteiger charge is 2.17. The molecule has 1 heterocycles. The maximum Gasteiger partial charge on any atom is 0.258 e. The van der Waals surface area contributed by atoms with E-state index in [0.29, 0.717) is 26.8 Å². The van der Waals surface area contributed by atoms with Crippen molar-refractivity contribution in [2.24, 2.45) is 0 Å². The van der Waals surface area contributed by atoms with Gasteiger partial charge >= 0.3 is 0 Å². The summed E-state index contributed by atoms with van der Waals surface area (Å²) in [5.74, 6) is 0.481. The van der Waals surface area contributed by atoms with Gasteiger partial charge in [0, 0.05) is 16.4 Å². The van der Waals surface area contributed by atoms with Crippen molar-refractivity contribution >= 4 is 52.5 Å². The zero-order valence-corrected chi connectivity index (χ0v) is 22.1. The van der Waals surface area contributed by atoms with Crippen molar-refractivity contribution in [3.05, 3.63) is 94.2 Å². The minimum absolute atomic E-state index is 0.106. The number of anilines is 1. The maximum absolute atomic E-state index is 12.5. The van der Waals surface area contributed by atoms with Crippen LogP contribution < -0.4 is 15.4 Å². The molecule has 37 heavy (non-hydrogen) atoms. The molecule has 0 radical (unpaired) electrons. The number of amides is 2. The van der Waals surface area contributed by atoms with Crippen LogP contribution in [0.4, 0.5) is 5.69 Å². The maximum atomic E-state index is 12.5. The molecule has 0 saturated carbocycles. The van der Waals surface area contributed by atoms with Crippen molar-refractivity contribution in [1.29, 1.82) is 0 Å². The third kappa shape index (κ3) is 7.48. The second-order valence-corrected chi connectivity index (χ2v) is 9.70. The monoisotopic (exact) mass is 555 g/mol. The first-order valence-electron chi connectivity index (χ1n) is 11.2. The number of benzene rings is 3. The number of ether oxygens (including phenoxy) is 1. The highest BCUT2D eigenvalue weighted by molar-refractivity contribution is 7.99. The lowest BCUT2D eigenvalue weighted by molar-refractivity contribution is -0.123. The third-order valence-electron chi connectivity index (χ3n) is 5.05. The first kappa shape index (κ1) is 26.5. The summed E-state index contributed by atoms with van der Waals surface area (Å²) in [7, 11) is 0. The molecule has 11 heteroatoms. The Morgan fingerprint density at radius 3 is 2.54 bits per heavy atom. The fraction of sp³-hybridized carbons (Fsp3) is 0.154. The largest absolute Gasteiger partial charge is 0.482 e. The summed E-state index contributed by atoms with van der Waals surface area (Å²) in [6.07, 6.45) is 0. The number of rotatable bonds is 10. The second-order valence-electron chi connectivity index (χ2n) is 7.92. The normalized spacial score (nSPS) is 10.7. The van der Waals surface area contributed by atoms with Gasteiger partial charge in [-0.25, -0.2) is 0 Å². The van der Waals surface area contributed by atoms with Crippen molar-refractivity contribution in [2.45, 2.75) is 18.6 Å². The number of para-hydroxylation sites is 1. The standard InChI is InChI=1S/C26H23Cl2N5O3S/c1-17-6-5-7-19(12-17)30-25(35)16-37-26-32-31-23(33(26)20-8-3-2-4-9-20)14-29-24(34)15-36-22-11-10-18(27)13-21(22)28/h2-13H,14-16H2,1H3,(H,29,34)(H,30,35). The summed E-state index contributed by atoms with van der Waals surface area (Å²) in [6.45, 7) is 1.84. The Morgan fingerprint density at radius 1 is 0.973 bits per heavy atom. The van der Waals surface area contributed by atoms with Gasteiger partial charge in [-0.05, 0) is 55.0 Å². The van der Waals surface area contributed by atoms with Gasteiger partial charge in [0.1, 0.15) is 5.75 Å². The summed E-state index contributed by atoms with van der Waals surface area (Å²) in [6, 6.07) is 21.8. The van der Waals surface area contributed by atoms with Crippen LogP contribution in [0.5, 0.6) is 5.75 Å². The van der Waals surface area contributed by atoms with Crippen LogP contribution in [0.25, 0.3) is 5.69 Å². The smallest absolute Gasteiger partial charge is 0.258 e. The Morgan fingerprint density at radius 2 is 1.78 bits per heavy atom. The minimum atomic E-state index is -0.361. The number of aromatic nitrogens is 3. The minimum Gasteiger partial charge on any atom is -0.482 e. The van der Waals surface area contributed by atoms with Gasteiger partial charge in [-0.3, -0.25) is 14.2 Å². The van der Waals surface area contributed by atoms with E-state index in [4.69, 9.17) is 27.9 Å². The molecule has 190 valence electrons. The van der Waals surface area contributed by atoms with Crippen molar-refractivity contribution in [1.82, 2.24) is 20.1 Å². The third-order valence-corrected chi connectivity index (χ3v) is 6.50. The molecule has 0 atom stereocenters. The van der Waals surface area contributed by atoms with E-state index in [1.807, 2.05) is 66.1 Å². The van der Waals surface area contributed by atoms with Gasteiger partial charge in [0.25, 0.3) is 5.91 Å². The summed E-state index contributed by atoms with van der Waals surface area (Å²) < 4.78 is 7.30. The molecule has 0 fully saturated rings. The van der Waals surface area contributed by atoms with Gasteiger partial charge in [-0.15, -0.1) is 10.2 Å². The van der Waals surface area contributed by atoms with E-state index in [-0.39, 0.29) is 30.7 Å². The number of carbonyl (C=O) groups excluding carboxylic acids is 2. The summed E-state index contributed by atoms with van der Waals surface area (Å²) >= 11 is 13.2. The number of aryl methyl sites for hydroxylation is 1. The molecule has 4 rings (SSSR count). The van der Waals surface area contributed by atoms with Crippen LogP contribution in [0.2, 0.25) is 10.0 Å². The van der Waals surface area contributed by atoms with Gasteiger partial charge in [0.05, 0.1) is 17.3 Å². The van der Waals surface area contributed by atoms with Crippen molar-refractivity contribution in [3.63, 3.8) is 0 Å². The number of thioether (sulfide) groups is 1. The lowest BCUT2D eigenvalue weighted by Crippen LogP contribution is -2.29. The topological polar surface area (TPSA) is 98.1 Å². The molecular weight excluding hydrogens is 533 g/mol. The summed E-state index contributed by atoms with van der Waals surface area (Å²) in [5, 5.41) is 15.5. The molecule has 4 aromatic rings. The van der Waals surface area contributed by atoms with E-state index in [2.05, 4.69) is 20.8 Å². The number of hydrogen-bond donors (Lipinski definition) is 2. The van der Waals surface area contributed by atoms with E-state index in [9.17, 15) is 9.59 Å². The molecule has 0 bridgehead atoms. The Bertz CT molecular complexity index is 1400. The first-order valence-corrected chi connectivity index (χ1v) is 13.0.